The molecule has 8 heteroatoms. The molecule has 0 radical (unpaired) electrons. The Morgan fingerprint density at radius 1 is 1.23 bits per heavy atom. The van der Waals surface area contributed by atoms with Crippen LogP contribution in [0.1, 0.15) is 18.9 Å². The first-order valence-corrected chi connectivity index (χ1v) is 11.5. The molecule has 1 aromatic heterocycles. The number of nitrogens with one attached hydrogen (secondary N) is 1. The minimum absolute atomic E-state index is 0.0782. The van der Waals surface area contributed by atoms with E-state index >= 15 is 0 Å². The molecular weight excluding hydrogens is 466 g/mol. The number of amides is 1. The molecule has 0 fully saturated rings. The summed E-state index contributed by atoms with van der Waals surface area (Å²) in [5, 5.41) is 4.07. The lowest BCUT2D eigenvalue weighted by atomic mass is 10.1. The second kappa shape index (κ2) is 10.6. The van der Waals surface area contributed by atoms with E-state index in [0.717, 1.165) is 28.6 Å². The molecule has 1 amide bonds. The maximum Gasteiger partial charge on any atom is 0.262 e. The summed E-state index contributed by atoms with van der Waals surface area (Å²) in [6, 6.07) is 13.3. The topological polar surface area (TPSA) is 73.2 Å². The van der Waals surface area contributed by atoms with Crippen LogP contribution in [-0.2, 0) is 17.8 Å². The van der Waals surface area contributed by atoms with Gasteiger partial charge in [0.05, 0.1) is 23.8 Å². The molecule has 0 spiro atoms. The van der Waals surface area contributed by atoms with Crippen molar-refractivity contribution in [1.29, 1.82) is 0 Å². The van der Waals surface area contributed by atoms with Gasteiger partial charge in [-0.15, -0.1) is 0 Å². The molecule has 2 aromatic carbocycles. The number of benzene rings is 2. The summed E-state index contributed by atoms with van der Waals surface area (Å²) >= 11 is 4.70. The molecule has 0 aliphatic rings. The average molecular weight is 490 g/mol. The van der Waals surface area contributed by atoms with Crippen molar-refractivity contribution >= 4 is 44.5 Å². The van der Waals surface area contributed by atoms with Gasteiger partial charge in [-0.3, -0.25) is 14.2 Å². The fraction of sp³-hybridized carbons (Fsp3) is 0.318. The van der Waals surface area contributed by atoms with Crippen molar-refractivity contribution in [3.8, 4) is 5.75 Å². The number of halogens is 1. The van der Waals surface area contributed by atoms with Crippen molar-refractivity contribution in [3.05, 3.63) is 62.9 Å². The van der Waals surface area contributed by atoms with Crippen molar-refractivity contribution < 1.29 is 9.53 Å². The Hall–Kier alpha value is -2.32. The van der Waals surface area contributed by atoms with Crippen LogP contribution >= 0.6 is 27.7 Å². The number of aromatic nitrogens is 2. The van der Waals surface area contributed by atoms with Gasteiger partial charge in [0, 0.05) is 17.6 Å². The Bertz CT molecular complexity index is 1080. The van der Waals surface area contributed by atoms with E-state index in [4.69, 9.17) is 4.74 Å². The molecule has 30 heavy (non-hydrogen) atoms. The zero-order valence-electron chi connectivity index (χ0n) is 17.0. The normalized spacial score (nSPS) is 10.9. The number of methoxy groups -OCH3 is 1. The molecule has 3 aromatic rings. The summed E-state index contributed by atoms with van der Waals surface area (Å²) in [5.41, 5.74) is 1.69. The third-order valence-electron chi connectivity index (χ3n) is 4.56. The monoisotopic (exact) mass is 489 g/mol. The van der Waals surface area contributed by atoms with Gasteiger partial charge in [-0.2, -0.15) is 0 Å². The van der Waals surface area contributed by atoms with Gasteiger partial charge in [-0.25, -0.2) is 4.98 Å². The molecule has 1 heterocycles. The van der Waals surface area contributed by atoms with Gasteiger partial charge in [-0.1, -0.05) is 46.7 Å². The highest BCUT2D eigenvalue weighted by atomic mass is 79.9. The van der Waals surface area contributed by atoms with E-state index < -0.39 is 0 Å². The SMILES string of the molecule is CCCn1c(SCC(=O)NCCc2ccc(OC)cc2)nc2ccc(Br)cc2c1=O. The average Bonchev–Trinajstić information content (AvgIpc) is 2.75. The molecule has 0 aliphatic heterocycles. The van der Waals surface area contributed by atoms with E-state index in [1.807, 2.05) is 43.3 Å². The van der Waals surface area contributed by atoms with Crippen LogP contribution in [-0.4, -0.2) is 34.9 Å². The van der Waals surface area contributed by atoms with E-state index in [2.05, 4.69) is 26.2 Å². The molecular formula is C22H24BrN3O3S. The van der Waals surface area contributed by atoms with E-state index in [0.29, 0.717) is 29.1 Å². The summed E-state index contributed by atoms with van der Waals surface area (Å²) in [6.07, 6.45) is 1.55. The van der Waals surface area contributed by atoms with E-state index in [1.165, 1.54) is 11.8 Å². The highest BCUT2D eigenvalue weighted by Gasteiger charge is 2.13. The van der Waals surface area contributed by atoms with Crippen LogP contribution in [0.25, 0.3) is 10.9 Å². The maximum atomic E-state index is 12.9. The molecule has 0 aliphatic carbocycles. The van der Waals surface area contributed by atoms with Crippen molar-refractivity contribution in [3.63, 3.8) is 0 Å². The second-order valence-electron chi connectivity index (χ2n) is 6.75. The largest absolute Gasteiger partial charge is 0.497 e. The first-order valence-electron chi connectivity index (χ1n) is 9.74. The van der Waals surface area contributed by atoms with Crippen LogP contribution in [0.2, 0.25) is 0 Å². The van der Waals surface area contributed by atoms with Crippen molar-refractivity contribution in [2.24, 2.45) is 0 Å². The lowest BCUT2D eigenvalue weighted by Crippen LogP contribution is -2.28. The zero-order chi connectivity index (χ0) is 21.5. The smallest absolute Gasteiger partial charge is 0.262 e. The third-order valence-corrected chi connectivity index (χ3v) is 6.03. The van der Waals surface area contributed by atoms with E-state index in [1.54, 1.807) is 17.7 Å². The minimum atomic E-state index is -0.0817. The predicted octanol–water partition coefficient (Wildman–Crippen LogP) is 4.03. The summed E-state index contributed by atoms with van der Waals surface area (Å²) in [7, 11) is 1.64. The second-order valence-corrected chi connectivity index (χ2v) is 8.61. The number of fused-ring (bicyclic) bond motifs is 1. The number of nitrogens with zero attached hydrogens (tertiary/aromatic N) is 2. The van der Waals surface area contributed by atoms with Crippen molar-refractivity contribution in [1.82, 2.24) is 14.9 Å². The Kier molecular flexibility index (Phi) is 7.93. The highest BCUT2D eigenvalue weighted by Crippen LogP contribution is 2.21. The van der Waals surface area contributed by atoms with Gasteiger partial charge in [0.15, 0.2) is 5.16 Å². The molecule has 6 nitrogen and oxygen atoms in total. The first-order chi connectivity index (χ1) is 14.5. The lowest BCUT2D eigenvalue weighted by Gasteiger charge is -2.12. The molecule has 1 N–H and O–H groups in total. The number of ether oxygens (including phenoxy) is 1. The van der Waals surface area contributed by atoms with Crippen LogP contribution in [0.5, 0.6) is 5.75 Å². The van der Waals surface area contributed by atoms with Crippen molar-refractivity contribution in [2.75, 3.05) is 19.4 Å². The van der Waals surface area contributed by atoms with Gasteiger partial charge < -0.3 is 10.1 Å². The van der Waals surface area contributed by atoms with Crippen LogP contribution < -0.4 is 15.6 Å². The maximum absolute atomic E-state index is 12.9. The van der Waals surface area contributed by atoms with Gasteiger partial charge in [0.1, 0.15) is 5.75 Å². The standard InChI is InChI=1S/C22H24BrN3O3S/c1-3-12-26-21(28)18-13-16(23)6-9-19(18)25-22(26)30-14-20(27)24-11-10-15-4-7-17(29-2)8-5-15/h4-9,13H,3,10-12,14H2,1-2H3,(H,24,27). The molecule has 0 unspecified atom stereocenters. The number of hydrogen-bond acceptors (Lipinski definition) is 5. The Labute approximate surface area is 188 Å². The van der Waals surface area contributed by atoms with Crippen molar-refractivity contribution in [2.45, 2.75) is 31.5 Å². The van der Waals surface area contributed by atoms with Crippen LogP contribution in [0.3, 0.4) is 0 Å². The summed E-state index contributed by atoms with van der Waals surface area (Å²) in [4.78, 5) is 29.8. The number of rotatable bonds is 9. The predicted molar refractivity (Wildman–Crippen MR) is 124 cm³/mol. The van der Waals surface area contributed by atoms with Crippen LogP contribution in [0, 0.1) is 0 Å². The van der Waals surface area contributed by atoms with E-state index in [9.17, 15) is 9.59 Å². The summed E-state index contributed by atoms with van der Waals surface area (Å²) < 4.78 is 7.65. The molecule has 0 saturated heterocycles. The molecule has 0 bridgehead atoms. The van der Waals surface area contributed by atoms with E-state index in [-0.39, 0.29) is 17.2 Å². The van der Waals surface area contributed by atoms with Gasteiger partial charge in [-0.05, 0) is 48.7 Å². The van der Waals surface area contributed by atoms with Gasteiger partial charge >= 0.3 is 0 Å². The number of hydrogen-bond donors (Lipinski definition) is 1. The summed E-state index contributed by atoms with van der Waals surface area (Å²) in [6.45, 7) is 3.13. The number of carbonyl (C=O) groups excluding carboxylic acids is 1. The van der Waals surface area contributed by atoms with Gasteiger partial charge in [0.2, 0.25) is 5.91 Å². The number of carbonyl (C=O) groups is 1. The molecule has 158 valence electrons. The fourth-order valence-corrected chi connectivity index (χ4v) is 4.24. The lowest BCUT2D eigenvalue weighted by molar-refractivity contribution is -0.118. The Balaban J connectivity index is 1.62. The number of thioether (sulfide) groups is 1. The molecule has 3 rings (SSSR count). The molecule has 0 atom stereocenters. The van der Waals surface area contributed by atoms with Crippen LogP contribution in [0.4, 0.5) is 0 Å². The third kappa shape index (κ3) is 5.64. The quantitative estimate of drug-likeness (QED) is 0.362. The molecule has 0 saturated carbocycles. The zero-order valence-corrected chi connectivity index (χ0v) is 19.4. The van der Waals surface area contributed by atoms with Gasteiger partial charge in [0.25, 0.3) is 5.56 Å². The Morgan fingerprint density at radius 2 is 2.00 bits per heavy atom. The summed E-state index contributed by atoms with van der Waals surface area (Å²) in [5.74, 6) is 0.940. The first kappa shape index (κ1) is 22.4. The Morgan fingerprint density at radius 3 is 2.70 bits per heavy atom. The minimum Gasteiger partial charge on any atom is -0.497 e. The fourth-order valence-electron chi connectivity index (χ4n) is 3.02. The van der Waals surface area contributed by atoms with Crippen LogP contribution in [0.15, 0.2) is 56.9 Å². The highest BCUT2D eigenvalue weighted by molar-refractivity contribution is 9.10.